The van der Waals surface area contributed by atoms with Crippen LogP contribution in [0.15, 0.2) is 36.0 Å². The number of hydrogen-bond acceptors (Lipinski definition) is 8. The molecule has 8 heteroatoms. The van der Waals surface area contributed by atoms with Gasteiger partial charge in [0.05, 0.1) is 29.7 Å². The molecule has 0 spiro atoms. The van der Waals surface area contributed by atoms with Crippen molar-refractivity contribution in [3.63, 3.8) is 0 Å². The lowest BCUT2D eigenvalue weighted by molar-refractivity contribution is 0.0502. The number of carbonyl (C=O) groups is 2. The first-order valence-electron chi connectivity index (χ1n) is 8.57. The Morgan fingerprint density at radius 3 is 2.56 bits per heavy atom. The lowest BCUT2D eigenvalue weighted by Gasteiger charge is -2.09. The molecular formula is C19H19N3O4S. The van der Waals surface area contributed by atoms with Crippen molar-refractivity contribution in [2.75, 3.05) is 18.5 Å². The van der Waals surface area contributed by atoms with Crippen LogP contribution in [0.2, 0.25) is 0 Å². The number of thiophene rings is 1. The van der Waals surface area contributed by atoms with Gasteiger partial charge in [-0.2, -0.15) is 0 Å². The number of rotatable bonds is 7. The fraction of sp³-hybridized carbons (Fsp3) is 0.263. The Kier molecular flexibility index (Phi) is 5.97. The highest BCUT2D eigenvalue weighted by Crippen LogP contribution is 2.31. The second-order valence-electron chi connectivity index (χ2n) is 5.61. The lowest BCUT2D eigenvalue weighted by atomic mass is 10.2. The number of nitrogens with zero attached hydrogens (tertiary/aromatic N) is 2. The molecule has 0 amide bonds. The summed E-state index contributed by atoms with van der Waals surface area (Å²) >= 11 is 1.35. The van der Waals surface area contributed by atoms with Gasteiger partial charge in [-0.15, -0.1) is 11.3 Å². The quantitative estimate of drug-likeness (QED) is 0.610. The minimum absolute atomic E-state index is 0.294. The molecule has 2 heterocycles. The molecule has 2 aromatic heterocycles. The Morgan fingerprint density at radius 2 is 1.85 bits per heavy atom. The highest BCUT2D eigenvalue weighted by Gasteiger charge is 2.18. The molecule has 0 fully saturated rings. The maximum atomic E-state index is 12.2. The van der Waals surface area contributed by atoms with E-state index in [1.807, 2.05) is 6.92 Å². The molecule has 27 heavy (non-hydrogen) atoms. The number of benzene rings is 1. The number of ether oxygens (including phenoxy) is 2. The van der Waals surface area contributed by atoms with E-state index in [4.69, 9.17) is 9.47 Å². The second kappa shape index (κ2) is 8.59. The van der Waals surface area contributed by atoms with E-state index in [9.17, 15) is 9.59 Å². The van der Waals surface area contributed by atoms with Crippen molar-refractivity contribution in [2.24, 2.45) is 0 Å². The molecule has 0 atom stereocenters. The van der Waals surface area contributed by atoms with Crippen molar-refractivity contribution < 1.29 is 19.1 Å². The number of hydrogen-bond donors (Lipinski definition) is 1. The standard InChI is InChI=1S/C19H19N3O4S/c1-3-9-26-18(23)12-5-7-13(8-6-12)22-16-15-14(19(24)25-4-2)10-27-17(15)21-11-20-16/h5-8,10-11H,3-4,9H2,1-2H3,(H,20,21,22). The van der Waals surface area contributed by atoms with Gasteiger partial charge in [-0.1, -0.05) is 6.92 Å². The molecule has 0 aliphatic rings. The largest absolute Gasteiger partial charge is 0.462 e. The Morgan fingerprint density at radius 1 is 1.07 bits per heavy atom. The number of carbonyl (C=O) groups excluding carboxylic acids is 2. The van der Waals surface area contributed by atoms with E-state index >= 15 is 0 Å². The Hall–Kier alpha value is -3.00. The molecular weight excluding hydrogens is 366 g/mol. The number of fused-ring (bicyclic) bond motifs is 1. The van der Waals surface area contributed by atoms with Gasteiger partial charge in [0.1, 0.15) is 17.0 Å². The Bertz CT molecular complexity index is 953. The van der Waals surface area contributed by atoms with Gasteiger partial charge in [-0.05, 0) is 37.6 Å². The second-order valence-corrected chi connectivity index (χ2v) is 6.47. The molecule has 0 bridgehead atoms. The van der Waals surface area contributed by atoms with Crippen molar-refractivity contribution in [3.8, 4) is 0 Å². The first-order valence-corrected chi connectivity index (χ1v) is 9.45. The van der Waals surface area contributed by atoms with Gasteiger partial charge in [-0.3, -0.25) is 0 Å². The third kappa shape index (κ3) is 4.22. The van der Waals surface area contributed by atoms with Crippen molar-refractivity contribution in [1.29, 1.82) is 0 Å². The maximum Gasteiger partial charge on any atom is 0.339 e. The average Bonchev–Trinajstić information content (AvgIpc) is 3.12. The molecule has 140 valence electrons. The van der Waals surface area contributed by atoms with E-state index in [1.165, 1.54) is 17.7 Å². The summed E-state index contributed by atoms with van der Waals surface area (Å²) in [7, 11) is 0. The van der Waals surface area contributed by atoms with Crippen LogP contribution in [0.4, 0.5) is 11.5 Å². The summed E-state index contributed by atoms with van der Waals surface area (Å²) in [6.07, 6.45) is 2.21. The van der Waals surface area contributed by atoms with Crippen molar-refractivity contribution >= 4 is 45.0 Å². The lowest BCUT2D eigenvalue weighted by Crippen LogP contribution is -2.06. The molecule has 0 saturated heterocycles. The molecule has 0 aliphatic heterocycles. The van der Waals surface area contributed by atoms with E-state index in [0.717, 1.165) is 12.1 Å². The molecule has 3 rings (SSSR count). The summed E-state index contributed by atoms with van der Waals surface area (Å²) in [5.41, 5.74) is 1.63. The number of aromatic nitrogens is 2. The van der Waals surface area contributed by atoms with Crippen LogP contribution in [0, 0.1) is 0 Å². The molecule has 0 radical (unpaired) electrons. The van der Waals surface area contributed by atoms with Gasteiger partial charge in [0.15, 0.2) is 0 Å². The van der Waals surface area contributed by atoms with Gasteiger partial charge in [-0.25, -0.2) is 19.6 Å². The summed E-state index contributed by atoms with van der Waals surface area (Å²) in [6, 6.07) is 6.87. The number of esters is 2. The van der Waals surface area contributed by atoms with Crippen molar-refractivity contribution in [1.82, 2.24) is 9.97 Å². The third-order valence-corrected chi connectivity index (χ3v) is 4.57. The summed E-state index contributed by atoms with van der Waals surface area (Å²) in [4.78, 5) is 33.2. The van der Waals surface area contributed by atoms with Crippen LogP contribution in [0.25, 0.3) is 10.2 Å². The minimum Gasteiger partial charge on any atom is -0.462 e. The molecule has 0 unspecified atom stereocenters. The van der Waals surface area contributed by atoms with Crippen molar-refractivity contribution in [3.05, 3.63) is 47.1 Å². The van der Waals surface area contributed by atoms with E-state index < -0.39 is 5.97 Å². The fourth-order valence-electron chi connectivity index (χ4n) is 2.43. The topological polar surface area (TPSA) is 90.4 Å². The fourth-order valence-corrected chi connectivity index (χ4v) is 3.31. The number of nitrogens with one attached hydrogen (secondary N) is 1. The number of anilines is 2. The normalized spacial score (nSPS) is 10.6. The first kappa shape index (κ1) is 18.8. The van der Waals surface area contributed by atoms with Crippen LogP contribution in [0.5, 0.6) is 0 Å². The van der Waals surface area contributed by atoms with Crippen LogP contribution < -0.4 is 5.32 Å². The molecule has 1 aromatic carbocycles. The summed E-state index contributed by atoms with van der Waals surface area (Å²) in [5.74, 6) is -0.253. The zero-order valence-corrected chi connectivity index (χ0v) is 15.8. The highest BCUT2D eigenvalue weighted by molar-refractivity contribution is 7.17. The Balaban J connectivity index is 1.85. The average molecular weight is 385 g/mol. The van der Waals surface area contributed by atoms with E-state index in [1.54, 1.807) is 36.6 Å². The molecule has 0 saturated carbocycles. The highest BCUT2D eigenvalue weighted by atomic mass is 32.1. The van der Waals surface area contributed by atoms with E-state index in [2.05, 4.69) is 15.3 Å². The Labute approximate surface area is 160 Å². The van der Waals surface area contributed by atoms with Gasteiger partial charge >= 0.3 is 11.9 Å². The summed E-state index contributed by atoms with van der Waals surface area (Å²) in [5, 5.41) is 5.51. The SMILES string of the molecule is CCCOC(=O)c1ccc(Nc2ncnc3scc(C(=O)OCC)c23)cc1. The monoisotopic (exact) mass is 385 g/mol. The van der Waals surface area contributed by atoms with Gasteiger partial charge in [0.25, 0.3) is 0 Å². The van der Waals surface area contributed by atoms with Crippen LogP contribution in [0.3, 0.4) is 0 Å². The predicted octanol–water partition coefficient (Wildman–Crippen LogP) is 4.18. The maximum absolute atomic E-state index is 12.2. The van der Waals surface area contributed by atoms with Crippen molar-refractivity contribution in [2.45, 2.75) is 20.3 Å². The molecule has 1 N–H and O–H groups in total. The van der Waals surface area contributed by atoms with E-state index in [0.29, 0.717) is 40.4 Å². The summed E-state index contributed by atoms with van der Waals surface area (Å²) < 4.78 is 10.2. The third-order valence-electron chi connectivity index (χ3n) is 3.69. The van der Waals surface area contributed by atoms with Crippen LogP contribution in [-0.4, -0.2) is 35.1 Å². The zero-order valence-electron chi connectivity index (χ0n) is 15.0. The van der Waals surface area contributed by atoms with E-state index in [-0.39, 0.29) is 5.97 Å². The van der Waals surface area contributed by atoms with Gasteiger partial charge < -0.3 is 14.8 Å². The smallest absolute Gasteiger partial charge is 0.339 e. The summed E-state index contributed by atoms with van der Waals surface area (Å²) in [6.45, 7) is 4.39. The molecule has 3 aromatic rings. The predicted molar refractivity (Wildman–Crippen MR) is 104 cm³/mol. The molecule has 7 nitrogen and oxygen atoms in total. The first-order chi connectivity index (χ1) is 13.1. The van der Waals surface area contributed by atoms with Crippen LogP contribution in [-0.2, 0) is 9.47 Å². The minimum atomic E-state index is -0.407. The van der Waals surface area contributed by atoms with Crippen LogP contribution in [0.1, 0.15) is 41.0 Å². The van der Waals surface area contributed by atoms with Crippen LogP contribution >= 0.6 is 11.3 Å². The van der Waals surface area contributed by atoms with Gasteiger partial charge in [0, 0.05) is 11.1 Å². The zero-order chi connectivity index (χ0) is 19.2. The van der Waals surface area contributed by atoms with Gasteiger partial charge in [0.2, 0.25) is 0 Å². The molecule has 0 aliphatic carbocycles.